The van der Waals surface area contributed by atoms with Gasteiger partial charge in [-0.3, -0.25) is 4.79 Å². The van der Waals surface area contributed by atoms with Gasteiger partial charge in [-0.05, 0) is 32.0 Å². The summed E-state index contributed by atoms with van der Waals surface area (Å²) in [6.45, 7) is 3.79. The van der Waals surface area contributed by atoms with Crippen LogP contribution in [0, 0.1) is 0 Å². The quantitative estimate of drug-likeness (QED) is 0.851. The highest BCUT2D eigenvalue weighted by atomic mass is 35.5. The Morgan fingerprint density at radius 2 is 2.10 bits per heavy atom. The van der Waals surface area contributed by atoms with E-state index in [-0.39, 0.29) is 23.5 Å². The van der Waals surface area contributed by atoms with E-state index in [1.807, 2.05) is 13.8 Å². The van der Waals surface area contributed by atoms with Gasteiger partial charge in [0, 0.05) is 5.56 Å². The maximum atomic E-state index is 12.2. The molecule has 1 aliphatic heterocycles. The summed E-state index contributed by atoms with van der Waals surface area (Å²) < 4.78 is 28.5. The smallest absolute Gasteiger partial charge is 0.251 e. The fourth-order valence-corrected chi connectivity index (χ4v) is 4.72. The molecule has 0 radical (unpaired) electrons. The molecule has 1 amide bonds. The summed E-state index contributed by atoms with van der Waals surface area (Å²) in [4.78, 5) is 12.2. The average molecular weight is 332 g/mol. The maximum absolute atomic E-state index is 12.2. The van der Waals surface area contributed by atoms with Crippen LogP contribution >= 0.6 is 11.6 Å². The van der Waals surface area contributed by atoms with Crippen molar-refractivity contribution < 1.29 is 17.9 Å². The van der Waals surface area contributed by atoms with Gasteiger partial charge in [0.1, 0.15) is 5.75 Å². The van der Waals surface area contributed by atoms with Gasteiger partial charge in [-0.1, -0.05) is 6.07 Å². The van der Waals surface area contributed by atoms with Crippen LogP contribution in [0.3, 0.4) is 0 Å². The minimum absolute atomic E-state index is 0.00973. The molecule has 21 heavy (non-hydrogen) atoms. The second kappa shape index (κ2) is 6.23. The van der Waals surface area contributed by atoms with Crippen molar-refractivity contribution >= 4 is 27.3 Å². The molecule has 1 aromatic carbocycles. The third-order valence-corrected chi connectivity index (χ3v) is 5.44. The molecule has 0 spiro atoms. The number of nitrogens with one attached hydrogen (secondary N) is 1. The first-order valence-corrected chi connectivity index (χ1v) is 8.95. The Labute approximate surface area is 129 Å². The zero-order valence-electron chi connectivity index (χ0n) is 11.9. The van der Waals surface area contributed by atoms with Crippen molar-refractivity contribution in [2.75, 3.05) is 11.5 Å². The van der Waals surface area contributed by atoms with Gasteiger partial charge in [-0.15, -0.1) is 11.6 Å². The van der Waals surface area contributed by atoms with Gasteiger partial charge in [0.25, 0.3) is 5.91 Å². The molecule has 7 heteroatoms. The SMILES string of the molecule is CC(C)Oc1cccc(C(=O)NC2CS(=O)(=O)CC2Cl)c1. The average Bonchev–Trinajstić information content (AvgIpc) is 2.61. The first-order valence-electron chi connectivity index (χ1n) is 6.69. The number of rotatable bonds is 4. The molecule has 5 nitrogen and oxygen atoms in total. The molecule has 1 heterocycles. The molecule has 1 saturated heterocycles. The Bertz CT molecular complexity index is 630. The zero-order chi connectivity index (χ0) is 15.6. The molecule has 0 aromatic heterocycles. The van der Waals surface area contributed by atoms with Crippen LogP contribution in [0.2, 0.25) is 0 Å². The summed E-state index contributed by atoms with van der Waals surface area (Å²) in [5.74, 6) is 0.0292. The predicted molar refractivity (Wildman–Crippen MR) is 81.8 cm³/mol. The summed E-state index contributed by atoms with van der Waals surface area (Å²) in [5, 5.41) is 2.09. The largest absolute Gasteiger partial charge is 0.491 e. The molecule has 1 fully saturated rings. The number of hydrogen-bond acceptors (Lipinski definition) is 4. The standard InChI is InChI=1S/C14H18ClNO4S/c1-9(2)20-11-5-3-4-10(6-11)14(17)16-13-8-21(18,19)7-12(13)15/h3-6,9,12-13H,7-8H2,1-2H3,(H,16,17). The molecule has 1 aromatic rings. The number of sulfone groups is 1. The Morgan fingerprint density at radius 3 is 2.67 bits per heavy atom. The Kier molecular flexibility index (Phi) is 4.78. The Morgan fingerprint density at radius 1 is 1.38 bits per heavy atom. The molecule has 0 saturated carbocycles. The van der Waals surface area contributed by atoms with Crippen LogP contribution < -0.4 is 10.1 Å². The van der Waals surface area contributed by atoms with Crippen molar-refractivity contribution in [3.8, 4) is 5.75 Å². The molecule has 2 unspecified atom stereocenters. The topological polar surface area (TPSA) is 72.5 Å². The van der Waals surface area contributed by atoms with E-state index < -0.39 is 21.3 Å². The molecule has 0 bridgehead atoms. The zero-order valence-corrected chi connectivity index (χ0v) is 13.4. The summed E-state index contributed by atoms with van der Waals surface area (Å²) in [6, 6.07) is 6.20. The van der Waals surface area contributed by atoms with E-state index in [0.717, 1.165) is 0 Å². The second-order valence-corrected chi connectivity index (χ2v) is 8.08. The first kappa shape index (κ1) is 16.1. The molecule has 1 aliphatic rings. The highest BCUT2D eigenvalue weighted by molar-refractivity contribution is 7.91. The van der Waals surface area contributed by atoms with Gasteiger partial charge in [0.2, 0.25) is 0 Å². The van der Waals surface area contributed by atoms with E-state index >= 15 is 0 Å². The Hall–Kier alpha value is -1.27. The lowest BCUT2D eigenvalue weighted by Crippen LogP contribution is -2.40. The van der Waals surface area contributed by atoms with Crippen molar-refractivity contribution in [1.82, 2.24) is 5.32 Å². The summed E-state index contributed by atoms with van der Waals surface area (Å²) >= 11 is 5.98. The third kappa shape index (κ3) is 4.35. The van der Waals surface area contributed by atoms with Gasteiger partial charge in [0.05, 0.1) is 29.0 Å². The van der Waals surface area contributed by atoms with Gasteiger partial charge in [-0.25, -0.2) is 8.42 Å². The minimum Gasteiger partial charge on any atom is -0.491 e. The number of carbonyl (C=O) groups is 1. The molecule has 116 valence electrons. The molecule has 2 atom stereocenters. The van der Waals surface area contributed by atoms with Crippen molar-refractivity contribution in [2.24, 2.45) is 0 Å². The van der Waals surface area contributed by atoms with Gasteiger partial charge >= 0.3 is 0 Å². The number of hydrogen-bond donors (Lipinski definition) is 1. The second-order valence-electron chi connectivity index (χ2n) is 5.37. The highest BCUT2D eigenvalue weighted by Gasteiger charge is 2.37. The van der Waals surface area contributed by atoms with Crippen molar-refractivity contribution in [3.05, 3.63) is 29.8 Å². The van der Waals surface area contributed by atoms with E-state index in [4.69, 9.17) is 16.3 Å². The summed E-state index contributed by atoms with van der Waals surface area (Å²) in [7, 11) is -3.17. The van der Waals surface area contributed by atoms with Crippen LogP contribution in [0.15, 0.2) is 24.3 Å². The van der Waals surface area contributed by atoms with E-state index in [1.54, 1.807) is 24.3 Å². The predicted octanol–water partition coefficient (Wildman–Crippen LogP) is 1.61. The highest BCUT2D eigenvalue weighted by Crippen LogP contribution is 2.19. The summed E-state index contributed by atoms with van der Waals surface area (Å²) in [6.07, 6.45) is 0.00973. The van der Waals surface area contributed by atoms with Crippen molar-refractivity contribution in [3.63, 3.8) is 0 Å². The lowest BCUT2D eigenvalue weighted by molar-refractivity contribution is 0.0941. The van der Waals surface area contributed by atoms with E-state index in [9.17, 15) is 13.2 Å². The van der Waals surface area contributed by atoms with Gasteiger partial charge < -0.3 is 10.1 Å². The minimum atomic E-state index is -3.17. The first-order chi connectivity index (χ1) is 9.77. The molecule has 1 N–H and O–H groups in total. The number of amides is 1. The van der Waals surface area contributed by atoms with Gasteiger partial charge in [0.15, 0.2) is 9.84 Å². The lowest BCUT2D eigenvalue weighted by Gasteiger charge is -2.15. The van der Waals surface area contributed by atoms with E-state index in [0.29, 0.717) is 11.3 Å². The van der Waals surface area contributed by atoms with Gasteiger partial charge in [-0.2, -0.15) is 0 Å². The number of alkyl halides is 1. The van der Waals surface area contributed by atoms with Crippen molar-refractivity contribution in [1.29, 1.82) is 0 Å². The maximum Gasteiger partial charge on any atom is 0.251 e. The van der Waals surface area contributed by atoms with Crippen LogP contribution in [-0.2, 0) is 9.84 Å². The van der Waals surface area contributed by atoms with E-state index in [2.05, 4.69) is 5.32 Å². The number of carbonyl (C=O) groups excluding carboxylic acids is 1. The summed E-state index contributed by atoms with van der Waals surface area (Å²) in [5.41, 5.74) is 0.418. The molecular formula is C14H18ClNO4S. The van der Waals surface area contributed by atoms with Crippen LogP contribution in [-0.4, -0.2) is 43.4 Å². The molecule has 0 aliphatic carbocycles. The van der Waals surface area contributed by atoms with Crippen LogP contribution in [0.5, 0.6) is 5.75 Å². The number of ether oxygens (including phenoxy) is 1. The van der Waals surface area contributed by atoms with E-state index in [1.165, 1.54) is 0 Å². The molecule has 2 rings (SSSR count). The van der Waals surface area contributed by atoms with Crippen molar-refractivity contribution in [2.45, 2.75) is 31.4 Å². The fourth-order valence-electron chi connectivity index (χ4n) is 2.17. The normalized spacial score (nSPS) is 24.0. The molecular weight excluding hydrogens is 314 g/mol. The fraction of sp³-hybridized carbons (Fsp3) is 0.500. The van der Waals surface area contributed by atoms with Crippen LogP contribution in [0.1, 0.15) is 24.2 Å². The van der Waals surface area contributed by atoms with Crippen LogP contribution in [0.25, 0.3) is 0 Å². The number of benzene rings is 1. The Balaban J connectivity index is 2.07. The number of halogens is 1. The van der Waals surface area contributed by atoms with Crippen LogP contribution in [0.4, 0.5) is 0 Å². The monoisotopic (exact) mass is 331 g/mol. The third-order valence-electron chi connectivity index (χ3n) is 3.07. The lowest BCUT2D eigenvalue weighted by atomic mass is 10.1.